The molecule has 2 N–H and O–H groups in total. The van der Waals surface area contributed by atoms with Crippen LogP contribution in [-0.2, 0) is 0 Å². The molecule has 1 aromatic heterocycles. The van der Waals surface area contributed by atoms with E-state index >= 15 is 0 Å². The van der Waals surface area contributed by atoms with Crippen molar-refractivity contribution in [1.82, 2.24) is 15.8 Å². The molecule has 5 nitrogen and oxygen atoms in total. The molecule has 2 aliphatic rings. The highest BCUT2D eigenvalue weighted by Gasteiger charge is 2.53. The van der Waals surface area contributed by atoms with E-state index in [2.05, 4.69) is 15.8 Å². The van der Waals surface area contributed by atoms with Crippen LogP contribution in [0.4, 0.5) is 0 Å². The second-order valence-electron chi connectivity index (χ2n) is 3.86. The number of aromatic nitrogens is 1. The number of nitrogens with one attached hydrogen (secondary N) is 2. The van der Waals surface area contributed by atoms with Gasteiger partial charge in [0.05, 0.1) is 6.20 Å². The van der Waals surface area contributed by atoms with Gasteiger partial charge in [-0.1, -0.05) is 5.16 Å². The predicted octanol–water partition coefficient (Wildman–Crippen LogP) is -0.378. The molecular formula is C9H11N3O2. The van der Waals surface area contributed by atoms with Crippen molar-refractivity contribution in [2.24, 2.45) is 11.8 Å². The third-order valence-corrected chi connectivity index (χ3v) is 3.05. The molecule has 0 spiro atoms. The van der Waals surface area contributed by atoms with Crippen LogP contribution >= 0.6 is 0 Å². The van der Waals surface area contributed by atoms with Gasteiger partial charge in [-0.15, -0.1) is 0 Å². The number of carbonyl (C=O) groups excluding carboxylic acids is 1. The zero-order chi connectivity index (χ0) is 9.54. The van der Waals surface area contributed by atoms with Gasteiger partial charge in [0, 0.05) is 25.2 Å². The van der Waals surface area contributed by atoms with Gasteiger partial charge in [-0.05, 0) is 11.8 Å². The molecule has 3 rings (SSSR count). The summed E-state index contributed by atoms with van der Waals surface area (Å²) < 4.78 is 4.77. The number of fused-ring (bicyclic) bond motifs is 1. The van der Waals surface area contributed by atoms with Crippen molar-refractivity contribution in [3.05, 3.63) is 18.0 Å². The molecule has 0 aromatic carbocycles. The number of carbonyl (C=O) groups is 1. The van der Waals surface area contributed by atoms with Gasteiger partial charge in [0.15, 0.2) is 0 Å². The summed E-state index contributed by atoms with van der Waals surface area (Å²) in [4.78, 5) is 11.5. The normalized spacial score (nSPS) is 33.9. The first kappa shape index (κ1) is 7.99. The molecule has 1 saturated carbocycles. The minimum atomic E-state index is -0.151. The van der Waals surface area contributed by atoms with E-state index in [9.17, 15) is 4.79 Å². The second-order valence-corrected chi connectivity index (χ2v) is 3.86. The molecule has 5 heteroatoms. The third-order valence-electron chi connectivity index (χ3n) is 3.05. The van der Waals surface area contributed by atoms with Crippen molar-refractivity contribution in [3.8, 4) is 0 Å². The molecule has 0 bridgehead atoms. The van der Waals surface area contributed by atoms with Crippen molar-refractivity contribution in [2.45, 2.75) is 6.04 Å². The number of rotatable bonds is 2. The van der Waals surface area contributed by atoms with Crippen LogP contribution in [0.2, 0.25) is 0 Å². The molecule has 1 amide bonds. The van der Waals surface area contributed by atoms with Crippen LogP contribution in [-0.4, -0.2) is 30.2 Å². The van der Waals surface area contributed by atoms with E-state index in [1.807, 2.05) is 0 Å². The second kappa shape index (κ2) is 2.81. The largest absolute Gasteiger partial charge is 0.351 e. The Kier molecular flexibility index (Phi) is 1.61. The minimum Gasteiger partial charge on any atom is -0.351 e. The summed E-state index contributed by atoms with van der Waals surface area (Å²) >= 11 is 0. The zero-order valence-electron chi connectivity index (χ0n) is 7.56. The van der Waals surface area contributed by atoms with Crippen molar-refractivity contribution < 1.29 is 9.32 Å². The molecule has 3 atom stereocenters. The van der Waals surface area contributed by atoms with Crippen LogP contribution in [0.15, 0.2) is 16.8 Å². The molecule has 1 aromatic rings. The van der Waals surface area contributed by atoms with Gasteiger partial charge in [0.2, 0.25) is 5.76 Å². The summed E-state index contributed by atoms with van der Waals surface area (Å²) in [5.74, 6) is 1.40. The van der Waals surface area contributed by atoms with Crippen LogP contribution < -0.4 is 10.6 Å². The maximum Gasteiger partial charge on any atom is 0.290 e. The molecule has 2 fully saturated rings. The molecule has 74 valence electrons. The maximum absolute atomic E-state index is 11.5. The summed E-state index contributed by atoms with van der Waals surface area (Å²) in [6, 6.07) is 1.92. The maximum atomic E-state index is 11.5. The Hall–Kier alpha value is -1.36. The van der Waals surface area contributed by atoms with Gasteiger partial charge in [0.25, 0.3) is 5.91 Å². The SMILES string of the molecule is O=C(NC1[C@H]2CNC[C@@H]12)c1ccno1. The standard InChI is InChI=1S/C9H11N3O2/c13-9(7-1-2-11-14-7)12-8-5-3-10-4-6(5)8/h1-2,5-6,8,10H,3-4H2,(H,12,13)/t5-,6+,8?. The van der Waals surface area contributed by atoms with E-state index in [0.29, 0.717) is 23.6 Å². The van der Waals surface area contributed by atoms with E-state index in [1.54, 1.807) is 6.07 Å². The lowest BCUT2D eigenvalue weighted by atomic mass is 10.4. The Bertz CT molecular complexity index is 339. The summed E-state index contributed by atoms with van der Waals surface area (Å²) in [7, 11) is 0. The van der Waals surface area contributed by atoms with Crippen molar-refractivity contribution >= 4 is 5.91 Å². The van der Waals surface area contributed by atoms with E-state index in [-0.39, 0.29) is 5.91 Å². The highest BCUT2D eigenvalue weighted by molar-refractivity contribution is 5.91. The molecule has 1 unspecified atom stereocenters. The smallest absolute Gasteiger partial charge is 0.290 e. The predicted molar refractivity (Wildman–Crippen MR) is 47.6 cm³/mol. The van der Waals surface area contributed by atoms with Gasteiger partial charge in [-0.25, -0.2) is 0 Å². The lowest BCUT2D eigenvalue weighted by Gasteiger charge is -2.04. The van der Waals surface area contributed by atoms with E-state index in [1.165, 1.54) is 6.20 Å². The molecule has 1 saturated heterocycles. The molecule has 0 radical (unpaired) electrons. The van der Waals surface area contributed by atoms with Gasteiger partial charge < -0.3 is 15.2 Å². The Balaban J connectivity index is 1.61. The van der Waals surface area contributed by atoms with Crippen LogP contribution in [0.5, 0.6) is 0 Å². The number of hydrogen-bond donors (Lipinski definition) is 2. The first-order valence-electron chi connectivity index (χ1n) is 4.78. The molecule has 1 aliphatic carbocycles. The van der Waals surface area contributed by atoms with Crippen LogP contribution in [0.3, 0.4) is 0 Å². The fraction of sp³-hybridized carbons (Fsp3) is 0.556. The zero-order valence-corrected chi connectivity index (χ0v) is 7.56. The average Bonchev–Trinajstić information content (AvgIpc) is 2.75. The van der Waals surface area contributed by atoms with E-state index in [4.69, 9.17) is 4.52 Å². The van der Waals surface area contributed by atoms with Crippen molar-refractivity contribution in [1.29, 1.82) is 0 Å². The lowest BCUT2D eigenvalue weighted by molar-refractivity contribution is 0.0909. The third kappa shape index (κ3) is 1.13. The highest BCUT2D eigenvalue weighted by Crippen LogP contribution is 2.41. The van der Waals surface area contributed by atoms with Crippen LogP contribution in [0.25, 0.3) is 0 Å². The Morgan fingerprint density at radius 2 is 2.36 bits per heavy atom. The van der Waals surface area contributed by atoms with Gasteiger partial charge in [-0.3, -0.25) is 4.79 Å². The number of hydrogen-bond acceptors (Lipinski definition) is 4. The topological polar surface area (TPSA) is 67.2 Å². The highest BCUT2D eigenvalue weighted by atomic mass is 16.5. The Labute approximate surface area is 80.8 Å². The monoisotopic (exact) mass is 193 g/mol. The van der Waals surface area contributed by atoms with Crippen LogP contribution in [0, 0.1) is 11.8 Å². The number of amides is 1. The minimum absolute atomic E-state index is 0.151. The van der Waals surface area contributed by atoms with Crippen LogP contribution in [0.1, 0.15) is 10.6 Å². The summed E-state index contributed by atoms with van der Waals surface area (Å²) in [5, 5.41) is 9.71. The molecule has 2 heterocycles. The van der Waals surface area contributed by atoms with E-state index in [0.717, 1.165) is 13.1 Å². The van der Waals surface area contributed by atoms with Gasteiger partial charge >= 0.3 is 0 Å². The van der Waals surface area contributed by atoms with E-state index < -0.39 is 0 Å². The van der Waals surface area contributed by atoms with Gasteiger partial charge in [0.1, 0.15) is 0 Å². The summed E-state index contributed by atoms with van der Waals surface area (Å²) in [5.41, 5.74) is 0. The van der Waals surface area contributed by atoms with Crippen molar-refractivity contribution in [2.75, 3.05) is 13.1 Å². The summed E-state index contributed by atoms with van der Waals surface area (Å²) in [6.45, 7) is 2.04. The quantitative estimate of drug-likeness (QED) is 0.672. The average molecular weight is 193 g/mol. The van der Waals surface area contributed by atoms with Crippen molar-refractivity contribution in [3.63, 3.8) is 0 Å². The number of nitrogens with zero attached hydrogens (tertiary/aromatic N) is 1. The molecule has 14 heavy (non-hydrogen) atoms. The Morgan fingerprint density at radius 3 is 3.00 bits per heavy atom. The Morgan fingerprint density at radius 1 is 1.57 bits per heavy atom. The fourth-order valence-electron chi connectivity index (χ4n) is 2.19. The summed E-state index contributed by atoms with van der Waals surface area (Å²) in [6.07, 6.45) is 1.48. The molecular weight excluding hydrogens is 182 g/mol. The number of piperidine rings is 1. The van der Waals surface area contributed by atoms with Gasteiger partial charge in [-0.2, -0.15) is 0 Å². The molecule has 1 aliphatic heterocycles. The first-order valence-corrected chi connectivity index (χ1v) is 4.78. The fourth-order valence-corrected chi connectivity index (χ4v) is 2.19. The first-order chi connectivity index (χ1) is 6.86. The lowest BCUT2D eigenvalue weighted by Crippen LogP contribution is -2.32.